The van der Waals surface area contributed by atoms with Gasteiger partial charge in [0.05, 0.1) is 0 Å². The van der Waals surface area contributed by atoms with Crippen LogP contribution >= 0.6 is 11.3 Å². The first-order chi connectivity index (χ1) is 7.54. The maximum Gasteiger partial charge on any atom is 0.0110 e. The summed E-state index contributed by atoms with van der Waals surface area (Å²) in [5, 5.41) is 0. The molecule has 1 heteroatoms. The maximum absolute atomic E-state index is 2.40. The maximum atomic E-state index is 2.40. The largest absolute Gasteiger partial charge is 0.145 e. The molecule has 0 aliphatic carbocycles. The van der Waals surface area contributed by atoms with Gasteiger partial charge in [0.1, 0.15) is 0 Å². The topological polar surface area (TPSA) is 0 Å². The third kappa shape index (κ3) is 2.45. The first-order valence-electron chi connectivity index (χ1n) is 6.63. The molecule has 1 aromatic heterocycles. The van der Waals surface area contributed by atoms with Gasteiger partial charge in [0.25, 0.3) is 0 Å². The van der Waals surface area contributed by atoms with Crippen LogP contribution < -0.4 is 0 Å². The first-order valence-corrected chi connectivity index (χ1v) is 7.45. The van der Waals surface area contributed by atoms with E-state index in [1.807, 2.05) is 11.3 Å². The van der Waals surface area contributed by atoms with Crippen molar-refractivity contribution >= 4 is 11.3 Å². The van der Waals surface area contributed by atoms with Gasteiger partial charge in [-0.25, -0.2) is 0 Å². The Labute approximate surface area is 111 Å². The zero-order valence-electron chi connectivity index (χ0n) is 12.8. The molecular weight excluding hydrogens is 224 g/mol. The van der Waals surface area contributed by atoms with Crippen LogP contribution in [0.3, 0.4) is 0 Å². The molecule has 0 aliphatic rings. The van der Waals surface area contributed by atoms with Gasteiger partial charge < -0.3 is 0 Å². The molecule has 1 rings (SSSR count). The van der Waals surface area contributed by atoms with Gasteiger partial charge in [0.15, 0.2) is 0 Å². The van der Waals surface area contributed by atoms with Gasteiger partial charge in [-0.05, 0) is 29.4 Å². The number of hydrogen-bond donors (Lipinski definition) is 0. The zero-order chi connectivity index (χ0) is 13.5. The standard InChI is InChI=1S/C16H28S/c1-9-12-10-11-13(17-12)15(5,6)16(7,8)14(2,3)4/h10-11H,9H2,1-8H3. The number of aryl methyl sites for hydroxylation is 1. The summed E-state index contributed by atoms with van der Waals surface area (Å²) in [6.45, 7) is 18.9. The fourth-order valence-electron chi connectivity index (χ4n) is 2.15. The highest BCUT2D eigenvalue weighted by Gasteiger charge is 2.46. The Balaban J connectivity index is 3.18. The predicted molar refractivity (Wildman–Crippen MR) is 80.0 cm³/mol. The molecule has 0 bridgehead atoms. The molecule has 0 spiro atoms. The van der Waals surface area contributed by atoms with Crippen LogP contribution in [0.1, 0.15) is 65.1 Å². The van der Waals surface area contributed by atoms with Gasteiger partial charge in [-0.1, -0.05) is 55.4 Å². The van der Waals surface area contributed by atoms with E-state index in [0.29, 0.717) is 5.41 Å². The highest BCUT2D eigenvalue weighted by molar-refractivity contribution is 7.12. The molecule has 0 aromatic carbocycles. The number of hydrogen-bond acceptors (Lipinski definition) is 1. The summed E-state index contributed by atoms with van der Waals surface area (Å²) < 4.78 is 0. The molecule has 98 valence electrons. The minimum Gasteiger partial charge on any atom is -0.145 e. The van der Waals surface area contributed by atoms with Gasteiger partial charge in [-0.2, -0.15) is 0 Å². The lowest BCUT2D eigenvalue weighted by Gasteiger charge is -2.50. The molecule has 0 saturated heterocycles. The Hall–Kier alpha value is -0.300. The fourth-order valence-corrected chi connectivity index (χ4v) is 3.36. The minimum atomic E-state index is 0.212. The molecule has 0 N–H and O–H groups in total. The van der Waals surface area contributed by atoms with Crippen molar-refractivity contribution in [3.05, 3.63) is 21.9 Å². The second kappa shape index (κ2) is 4.42. The van der Waals surface area contributed by atoms with E-state index in [1.165, 1.54) is 9.75 Å². The molecule has 1 aromatic rings. The van der Waals surface area contributed by atoms with Gasteiger partial charge >= 0.3 is 0 Å². The van der Waals surface area contributed by atoms with E-state index in [2.05, 4.69) is 67.5 Å². The summed E-state index contributed by atoms with van der Waals surface area (Å²) in [6, 6.07) is 4.62. The fraction of sp³-hybridized carbons (Fsp3) is 0.750. The summed E-state index contributed by atoms with van der Waals surface area (Å²) >= 11 is 1.98. The van der Waals surface area contributed by atoms with Crippen LogP contribution in [0.4, 0.5) is 0 Å². The molecule has 0 amide bonds. The van der Waals surface area contributed by atoms with Gasteiger partial charge in [0, 0.05) is 15.2 Å². The smallest absolute Gasteiger partial charge is 0.0110 e. The van der Waals surface area contributed by atoms with Crippen molar-refractivity contribution in [1.82, 2.24) is 0 Å². The molecule has 0 saturated carbocycles. The minimum absolute atomic E-state index is 0.212. The van der Waals surface area contributed by atoms with Crippen LogP contribution in [0.2, 0.25) is 0 Å². The normalized spacial score (nSPS) is 14.1. The third-order valence-electron chi connectivity index (χ3n) is 5.06. The van der Waals surface area contributed by atoms with Crippen molar-refractivity contribution in [3.8, 4) is 0 Å². The summed E-state index contributed by atoms with van der Waals surface area (Å²) in [5.41, 5.74) is 0.770. The van der Waals surface area contributed by atoms with Crippen molar-refractivity contribution in [1.29, 1.82) is 0 Å². The second-order valence-electron chi connectivity index (χ2n) is 7.12. The Morgan fingerprint density at radius 1 is 0.941 bits per heavy atom. The van der Waals surface area contributed by atoms with Crippen molar-refractivity contribution < 1.29 is 0 Å². The number of thiophene rings is 1. The summed E-state index contributed by atoms with van der Waals surface area (Å²) in [5.74, 6) is 0. The quantitative estimate of drug-likeness (QED) is 0.651. The highest BCUT2D eigenvalue weighted by Crippen LogP contribution is 2.53. The molecule has 0 atom stereocenters. The molecule has 0 fully saturated rings. The van der Waals surface area contributed by atoms with Gasteiger partial charge in [-0.3, -0.25) is 0 Å². The first kappa shape index (κ1) is 14.8. The molecule has 0 aliphatic heterocycles. The Bertz CT molecular complexity index is 374. The van der Waals surface area contributed by atoms with Crippen LogP contribution in [0, 0.1) is 10.8 Å². The van der Waals surface area contributed by atoms with Crippen LogP contribution in [0.25, 0.3) is 0 Å². The van der Waals surface area contributed by atoms with Crippen molar-refractivity contribution in [2.24, 2.45) is 10.8 Å². The Morgan fingerprint density at radius 3 is 1.82 bits per heavy atom. The summed E-state index contributed by atoms with van der Waals surface area (Å²) in [7, 11) is 0. The van der Waals surface area contributed by atoms with E-state index >= 15 is 0 Å². The summed E-state index contributed by atoms with van der Waals surface area (Å²) in [4.78, 5) is 3.02. The van der Waals surface area contributed by atoms with Crippen LogP contribution in [-0.2, 0) is 11.8 Å². The van der Waals surface area contributed by atoms with E-state index in [9.17, 15) is 0 Å². The van der Waals surface area contributed by atoms with Crippen LogP contribution in [0.5, 0.6) is 0 Å². The number of rotatable bonds is 3. The molecular formula is C16H28S. The van der Waals surface area contributed by atoms with E-state index < -0.39 is 0 Å². The Kier molecular flexibility index (Phi) is 3.84. The van der Waals surface area contributed by atoms with Gasteiger partial charge in [0.2, 0.25) is 0 Å². The molecule has 0 nitrogen and oxygen atoms in total. The predicted octanol–water partition coefficient (Wildman–Crippen LogP) is 5.66. The molecule has 1 heterocycles. The molecule has 17 heavy (non-hydrogen) atoms. The van der Waals surface area contributed by atoms with Crippen molar-refractivity contribution in [3.63, 3.8) is 0 Å². The lowest BCUT2D eigenvalue weighted by molar-refractivity contribution is 0.0476. The lowest BCUT2D eigenvalue weighted by atomic mass is 9.55. The monoisotopic (exact) mass is 252 g/mol. The average Bonchev–Trinajstić information content (AvgIpc) is 2.64. The SMILES string of the molecule is CCc1ccc(C(C)(C)C(C)(C)C(C)(C)C)s1. The second-order valence-corrected chi connectivity index (χ2v) is 8.29. The average molecular weight is 252 g/mol. The van der Waals surface area contributed by atoms with Gasteiger partial charge in [-0.15, -0.1) is 11.3 Å². The molecule has 0 unspecified atom stereocenters. The van der Waals surface area contributed by atoms with Crippen molar-refractivity contribution in [2.45, 2.75) is 67.2 Å². The van der Waals surface area contributed by atoms with E-state index in [1.54, 1.807) is 0 Å². The molecule has 0 radical (unpaired) electrons. The van der Waals surface area contributed by atoms with Crippen molar-refractivity contribution in [2.75, 3.05) is 0 Å². The highest BCUT2D eigenvalue weighted by atomic mass is 32.1. The van der Waals surface area contributed by atoms with E-state index in [4.69, 9.17) is 0 Å². The lowest BCUT2D eigenvalue weighted by Crippen LogP contribution is -2.45. The van der Waals surface area contributed by atoms with Crippen LogP contribution in [0.15, 0.2) is 12.1 Å². The van der Waals surface area contributed by atoms with Crippen LogP contribution in [-0.4, -0.2) is 0 Å². The zero-order valence-corrected chi connectivity index (χ0v) is 13.6. The van der Waals surface area contributed by atoms with E-state index in [0.717, 1.165) is 6.42 Å². The third-order valence-corrected chi connectivity index (χ3v) is 6.62. The van der Waals surface area contributed by atoms with E-state index in [-0.39, 0.29) is 10.8 Å². The summed E-state index contributed by atoms with van der Waals surface area (Å²) in [6.07, 6.45) is 1.15. The Morgan fingerprint density at radius 2 is 1.47 bits per heavy atom.